The van der Waals surface area contributed by atoms with Crippen LogP contribution in [0, 0.1) is 0 Å². The third-order valence-electron chi connectivity index (χ3n) is 2.11. The van der Waals surface area contributed by atoms with Gasteiger partial charge in [0.15, 0.2) is 0 Å². The Morgan fingerprint density at radius 2 is 1.81 bits per heavy atom. The summed E-state index contributed by atoms with van der Waals surface area (Å²) in [4.78, 5) is 7.40. The number of hydrogen-bond donors (Lipinski definition) is 2. The van der Waals surface area contributed by atoms with E-state index in [9.17, 15) is 0 Å². The molecule has 2 rings (SSSR count). The minimum Gasteiger partial charge on any atom is -0.341 e. The highest BCUT2D eigenvalue weighted by Gasteiger charge is 2.05. The number of nitrogens with zero attached hydrogens (tertiary/aromatic N) is 1. The number of aromatic nitrogens is 2. The molecular weight excluding hydrogens is 245 g/mol. The van der Waals surface area contributed by atoms with Gasteiger partial charge in [0.25, 0.3) is 0 Å². The lowest BCUT2D eigenvalue weighted by atomic mass is 10.2. The fourth-order valence-electron chi connectivity index (χ4n) is 1.33. The Bertz CT molecular complexity index is 412. The van der Waals surface area contributed by atoms with E-state index >= 15 is 0 Å². The van der Waals surface area contributed by atoms with Gasteiger partial charge in [0.1, 0.15) is 5.82 Å². The van der Waals surface area contributed by atoms with Crippen molar-refractivity contribution in [2.75, 3.05) is 0 Å². The first kappa shape index (κ1) is 15.0. The van der Waals surface area contributed by atoms with Crippen LogP contribution in [-0.2, 0) is 0 Å². The van der Waals surface area contributed by atoms with Gasteiger partial charge in [0, 0.05) is 0 Å². The fourth-order valence-corrected chi connectivity index (χ4v) is 1.33. The van der Waals surface area contributed by atoms with Crippen LogP contribution in [0.1, 0.15) is 18.8 Å². The van der Waals surface area contributed by atoms with E-state index in [1.165, 1.54) is 0 Å². The summed E-state index contributed by atoms with van der Waals surface area (Å²) in [5, 5.41) is 0. The third-order valence-corrected chi connectivity index (χ3v) is 2.11. The Kier molecular flexibility index (Phi) is 6.11. The van der Waals surface area contributed by atoms with Crippen LogP contribution in [0.2, 0.25) is 0 Å². The summed E-state index contributed by atoms with van der Waals surface area (Å²) in [5.41, 5.74) is 7.85. The molecule has 0 saturated heterocycles. The normalized spacial score (nSPS) is 11.1. The van der Waals surface area contributed by atoms with Gasteiger partial charge in [-0.2, -0.15) is 0 Å². The molecule has 1 aromatic carbocycles. The predicted octanol–water partition coefficient (Wildman–Crippen LogP) is 2.94. The van der Waals surface area contributed by atoms with Crippen molar-refractivity contribution in [3.8, 4) is 11.3 Å². The smallest absolute Gasteiger partial charge is 0.123 e. The molecule has 0 aliphatic carbocycles. The van der Waals surface area contributed by atoms with Gasteiger partial charge in [0.05, 0.1) is 17.9 Å². The van der Waals surface area contributed by atoms with Gasteiger partial charge >= 0.3 is 0 Å². The van der Waals surface area contributed by atoms with Crippen LogP contribution in [0.5, 0.6) is 0 Å². The highest BCUT2D eigenvalue weighted by Crippen LogP contribution is 2.17. The van der Waals surface area contributed by atoms with Gasteiger partial charge in [0.2, 0.25) is 0 Å². The van der Waals surface area contributed by atoms with E-state index in [4.69, 9.17) is 5.73 Å². The number of hydrogen-bond acceptors (Lipinski definition) is 2. The van der Waals surface area contributed by atoms with Crippen LogP contribution >= 0.6 is 24.8 Å². The molecule has 0 spiro atoms. The number of imidazole rings is 1. The van der Waals surface area contributed by atoms with Gasteiger partial charge < -0.3 is 10.7 Å². The molecule has 3 nitrogen and oxygen atoms in total. The highest BCUT2D eigenvalue weighted by atomic mass is 35.5. The van der Waals surface area contributed by atoms with E-state index in [0.29, 0.717) is 0 Å². The number of halogens is 2. The average Bonchev–Trinajstić information content (AvgIpc) is 2.68. The molecule has 0 bridgehead atoms. The first-order valence-corrected chi connectivity index (χ1v) is 4.63. The Hall–Kier alpha value is -1.03. The van der Waals surface area contributed by atoms with Crippen LogP contribution < -0.4 is 5.73 Å². The van der Waals surface area contributed by atoms with Crippen molar-refractivity contribution in [2.24, 2.45) is 5.73 Å². The number of nitrogens with one attached hydrogen (secondary N) is 1. The second-order valence-corrected chi connectivity index (χ2v) is 3.34. The van der Waals surface area contributed by atoms with Crippen LogP contribution in [0.25, 0.3) is 11.3 Å². The van der Waals surface area contributed by atoms with Gasteiger partial charge in [-0.3, -0.25) is 0 Å². The molecule has 16 heavy (non-hydrogen) atoms. The molecule has 0 radical (unpaired) electrons. The standard InChI is InChI=1S/C11H13N3.2ClH/c1-8(12)11-13-7-10(14-11)9-5-3-2-4-6-9;;/h2-8H,12H2,1H3,(H,13,14);2*1H/t8-;;/m0../s1. The van der Waals surface area contributed by atoms with Crippen LogP contribution in [0.15, 0.2) is 36.5 Å². The molecule has 0 amide bonds. The quantitative estimate of drug-likeness (QED) is 0.872. The maximum absolute atomic E-state index is 5.71. The number of aromatic amines is 1. The lowest BCUT2D eigenvalue weighted by Gasteiger charge is -1.99. The monoisotopic (exact) mass is 259 g/mol. The van der Waals surface area contributed by atoms with Crippen molar-refractivity contribution in [3.63, 3.8) is 0 Å². The molecule has 1 heterocycles. The Balaban J connectivity index is 0.00000112. The van der Waals surface area contributed by atoms with Gasteiger partial charge in [-0.05, 0) is 12.5 Å². The molecular formula is C11H15Cl2N3. The molecule has 0 fully saturated rings. The van der Waals surface area contributed by atoms with Crippen LogP contribution in [0.4, 0.5) is 0 Å². The van der Waals surface area contributed by atoms with Gasteiger partial charge in [-0.25, -0.2) is 4.98 Å². The largest absolute Gasteiger partial charge is 0.341 e. The zero-order valence-electron chi connectivity index (χ0n) is 8.88. The fraction of sp³-hybridized carbons (Fsp3) is 0.182. The highest BCUT2D eigenvalue weighted by molar-refractivity contribution is 5.85. The van der Waals surface area contributed by atoms with Gasteiger partial charge in [-0.15, -0.1) is 24.8 Å². The first-order valence-electron chi connectivity index (χ1n) is 4.63. The van der Waals surface area contributed by atoms with Crippen LogP contribution in [0.3, 0.4) is 0 Å². The SMILES string of the molecule is C[C@H](N)c1ncc(-c2ccccc2)[nH]1.Cl.Cl. The van der Waals surface area contributed by atoms with E-state index in [-0.39, 0.29) is 30.9 Å². The number of nitrogens with two attached hydrogens (primary N) is 1. The van der Waals surface area contributed by atoms with Crippen molar-refractivity contribution in [2.45, 2.75) is 13.0 Å². The second kappa shape index (κ2) is 6.53. The minimum atomic E-state index is -0.0486. The average molecular weight is 260 g/mol. The lowest BCUT2D eigenvalue weighted by molar-refractivity contribution is 0.756. The summed E-state index contributed by atoms with van der Waals surface area (Å²) in [5.74, 6) is 0.823. The molecule has 1 aromatic heterocycles. The second-order valence-electron chi connectivity index (χ2n) is 3.34. The summed E-state index contributed by atoms with van der Waals surface area (Å²) in [6.07, 6.45) is 1.81. The van der Waals surface area contributed by atoms with Crippen molar-refractivity contribution in [3.05, 3.63) is 42.4 Å². The Morgan fingerprint density at radius 3 is 2.31 bits per heavy atom. The maximum Gasteiger partial charge on any atom is 0.123 e. The summed E-state index contributed by atoms with van der Waals surface area (Å²) < 4.78 is 0. The maximum atomic E-state index is 5.71. The lowest BCUT2D eigenvalue weighted by Crippen LogP contribution is -2.06. The van der Waals surface area contributed by atoms with E-state index in [2.05, 4.69) is 9.97 Å². The molecule has 3 N–H and O–H groups in total. The molecule has 5 heteroatoms. The topological polar surface area (TPSA) is 54.7 Å². The first-order chi connectivity index (χ1) is 6.77. The van der Waals surface area contributed by atoms with Crippen LogP contribution in [-0.4, -0.2) is 9.97 Å². The Morgan fingerprint density at radius 1 is 1.19 bits per heavy atom. The van der Waals surface area contributed by atoms with E-state index in [1.54, 1.807) is 0 Å². The zero-order valence-corrected chi connectivity index (χ0v) is 10.5. The van der Waals surface area contributed by atoms with Crippen molar-refractivity contribution in [1.29, 1.82) is 0 Å². The molecule has 1 atom stereocenters. The zero-order chi connectivity index (χ0) is 9.97. The molecule has 0 saturated carbocycles. The molecule has 0 unspecified atom stereocenters. The summed E-state index contributed by atoms with van der Waals surface area (Å²) >= 11 is 0. The van der Waals surface area contributed by atoms with Crippen molar-refractivity contribution in [1.82, 2.24) is 9.97 Å². The van der Waals surface area contributed by atoms with Crippen molar-refractivity contribution < 1.29 is 0 Å². The summed E-state index contributed by atoms with van der Waals surface area (Å²) in [7, 11) is 0. The molecule has 2 aromatic rings. The summed E-state index contributed by atoms with van der Waals surface area (Å²) in [6.45, 7) is 1.91. The Labute approximate surface area is 107 Å². The number of rotatable bonds is 2. The van der Waals surface area contributed by atoms with E-state index in [0.717, 1.165) is 17.1 Å². The minimum absolute atomic E-state index is 0. The van der Waals surface area contributed by atoms with E-state index in [1.807, 2.05) is 43.5 Å². The van der Waals surface area contributed by atoms with Gasteiger partial charge in [-0.1, -0.05) is 30.3 Å². The predicted molar refractivity (Wildman–Crippen MR) is 71.1 cm³/mol. The summed E-state index contributed by atoms with van der Waals surface area (Å²) in [6, 6.07) is 10.0. The van der Waals surface area contributed by atoms with Crippen molar-refractivity contribution >= 4 is 24.8 Å². The number of benzene rings is 1. The molecule has 0 aliphatic rings. The number of H-pyrrole nitrogens is 1. The van der Waals surface area contributed by atoms with E-state index < -0.39 is 0 Å². The molecule has 0 aliphatic heterocycles. The third kappa shape index (κ3) is 3.23. The molecule has 88 valence electrons.